The van der Waals surface area contributed by atoms with Gasteiger partial charge in [-0.1, -0.05) is 115 Å². The van der Waals surface area contributed by atoms with Crippen LogP contribution in [0.1, 0.15) is 22.3 Å². The van der Waals surface area contributed by atoms with Crippen molar-refractivity contribution in [1.82, 2.24) is 0 Å². The van der Waals surface area contributed by atoms with Crippen LogP contribution in [0.4, 0.5) is 0 Å². The number of ether oxygens (including phenoxy) is 2. The predicted octanol–water partition coefficient (Wildman–Crippen LogP) is 13.2. The fraction of sp³-hybridized carbons (Fsp3) is 0.0204. The van der Waals surface area contributed by atoms with Crippen molar-refractivity contribution in [3.05, 3.63) is 192 Å². The lowest BCUT2D eigenvalue weighted by Gasteiger charge is -2.31. The maximum Gasteiger partial charge on any atom is 0.170 e. The number of para-hydroxylation sites is 3. The summed E-state index contributed by atoms with van der Waals surface area (Å²) < 4.78 is 19.1. The van der Waals surface area contributed by atoms with Crippen LogP contribution in [-0.2, 0) is 5.41 Å². The van der Waals surface area contributed by atoms with Gasteiger partial charge in [0, 0.05) is 10.8 Å². The Labute approximate surface area is 300 Å². The van der Waals surface area contributed by atoms with Crippen LogP contribution in [0.25, 0.3) is 66.4 Å². The molecule has 3 nitrogen and oxygen atoms in total. The molecule has 0 unspecified atom stereocenters. The van der Waals surface area contributed by atoms with Crippen LogP contribution in [-0.4, -0.2) is 0 Å². The highest BCUT2D eigenvalue weighted by molar-refractivity contribution is 6.06. The summed E-state index contributed by atoms with van der Waals surface area (Å²) in [6.07, 6.45) is 0. The highest BCUT2D eigenvalue weighted by atomic mass is 16.6. The summed E-state index contributed by atoms with van der Waals surface area (Å²) in [6.45, 7) is 0. The molecule has 12 rings (SSSR count). The van der Waals surface area contributed by atoms with Crippen molar-refractivity contribution in [2.75, 3.05) is 0 Å². The Morgan fingerprint density at radius 2 is 0.865 bits per heavy atom. The van der Waals surface area contributed by atoms with Crippen molar-refractivity contribution in [2.24, 2.45) is 0 Å². The van der Waals surface area contributed by atoms with Gasteiger partial charge < -0.3 is 13.9 Å². The Morgan fingerprint density at radius 3 is 1.63 bits per heavy atom. The molecule has 1 aliphatic heterocycles. The van der Waals surface area contributed by atoms with Crippen LogP contribution in [0.15, 0.2) is 174 Å². The number of fused-ring (bicyclic) bond motifs is 15. The van der Waals surface area contributed by atoms with Crippen LogP contribution in [0.3, 0.4) is 0 Å². The fourth-order valence-corrected chi connectivity index (χ4v) is 9.12. The number of hydrogen-bond donors (Lipinski definition) is 0. The smallest absolute Gasteiger partial charge is 0.170 e. The summed E-state index contributed by atoms with van der Waals surface area (Å²) >= 11 is 0. The van der Waals surface area contributed by atoms with Crippen molar-refractivity contribution in [3.8, 4) is 67.5 Å². The Kier molecular flexibility index (Phi) is 5.43. The van der Waals surface area contributed by atoms with Crippen molar-refractivity contribution in [1.29, 1.82) is 0 Å². The first-order valence-electron chi connectivity index (χ1n) is 17.7. The normalized spacial score (nSPS) is 13.8. The predicted molar refractivity (Wildman–Crippen MR) is 207 cm³/mol. The molecule has 2 heterocycles. The molecule has 242 valence electrons. The molecule has 0 radical (unpaired) electrons. The van der Waals surface area contributed by atoms with E-state index in [2.05, 4.69) is 133 Å². The molecule has 0 amide bonds. The number of benzene rings is 8. The van der Waals surface area contributed by atoms with E-state index in [1.165, 1.54) is 61.2 Å². The molecule has 3 aliphatic rings. The first-order chi connectivity index (χ1) is 25.7. The molecule has 3 heteroatoms. The average Bonchev–Trinajstić information content (AvgIpc) is 3.82. The second-order valence-corrected chi connectivity index (χ2v) is 14.0. The maximum absolute atomic E-state index is 6.54. The van der Waals surface area contributed by atoms with Crippen LogP contribution < -0.4 is 9.47 Å². The zero-order chi connectivity index (χ0) is 34.0. The Balaban J connectivity index is 1.07. The van der Waals surface area contributed by atoms with Crippen LogP contribution >= 0.6 is 0 Å². The molecule has 0 saturated heterocycles. The summed E-state index contributed by atoms with van der Waals surface area (Å²) in [6, 6.07) is 60.8. The first kappa shape index (κ1) is 27.9. The molecule has 0 N–H and O–H groups in total. The third kappa shape index (κ3) is 3.64. The largest absolute Gasteiger partial charge is 0.456 e. The molecule has 0 fully saturated rings. The van der Waals surface area contributed by atoms with E-state index in [1.807, 2.05) is 36.4 Å². The van der Waals surface area contributed by atoms with E-state index < -0.39 is 5.41 Å². The van der Waals surface area contributed by atoms with Gasteiger partial charge in [0.05, 0.1) is 5.41 Å². The van der Waals surface area contributed by atoms with E-state index in [4.69, 9.17) is 13.9 Å². The van der Waals surface area contributed by atoms with Crippen molar-refractivity contribution < 1.29 is 13.9 Å². The molecular formula is C49H28O3. The van der Waals surface area contributed by atoms with E-state index in [9.17, 15) is 0 Å². The molecule has 8 aromatic carbocycles. The average molecular weight is 665 g/mol. The quantitative estimate of drug-likeness (QED) is 0.184. The molecule has 1 aromatic heterocycles. The third-order valence-corrected chi connectivity index (χ3v) is 11.3. The zero-order valence-electron chi connectivity index (χ0n) is 27.9. The SMILES string of the molecule is c1cc(-c2ccc3c(c2)C2(c4ccccc4-c4ccccc42)c2cc4c(cc2-3)Oc2ccccc2O4)cc(-c2ccc3oc4ccccc4c3c2)c1. The molecule has 2 aliphatic carbocycles. The minimum atomic E-state index is -0.520. The zero-order valence-corrected chi connectivity index (χ0v) is 27.9. The molecule has 0 bridgehead atoms. The van der Waals surface area contributed by atoms with Gasteiger partial charge in [0.1, 0.15) is 11.2 Å². The van der Waals surface area contributed by atoms with E-state index >= 15 is 0 Å². The Hall–Kier alpha value is -6.84. The highest BCUT2D eigenvalue weighted by Gasteiger charge is 2.52. The fourth-order valence-electron chi connectivity index (χ4n) is 9.12. The minimum absolute atomic E-state index is 0.520. The molecule has 0 atom stereocenters. The standard InChI is InChI=1S/C49H28O3/c1-4-15-39-33(12-1)34-13-2-5-16-40(34)49(39)41-26-32(20-22-35(41)37-27-47-48(28-42(37)49)52-46-19-8-7-18-45(46)51-47)30-11-9-10-29(24-30)31-21-23-44-38(25-31)36-14-3-6-17-43(36)50-44/h1-28H. The van der Waals surface area contributed by atoms with Gasteiger partial charge in [-0.15, -0.1) is 0 Å². The lowest BCUT2D eigenvalue weighted by molar-refractivity contribution is 0.359. The van der Waals surface area contributed by atoms with Crippen LogP contribution in [0.5, 0.6) is 23.0 Å². The summed E-state index contributed by atoms with van der Waals surface area (Å²) in [5.41, 5.74) is 16.0. The molecular weight excluding hydrogens is 637 g/mol. The molecule has 1 spiro atoms. The van der Waals surface area contributed by atoms with E-state index in [-0.39, 0.29) is 0 Å². The Morgan fingerprint density at radius 1 is 0.308 bits per heavy atom. The number of furan rings is 1. The summed E-state index contributed by atoms with van der Waals surface area (Å²) in [7, 11) is 0. The lowest BCUT2D eigenvalue weighted by atomic mass is 9.70. The van der Waals surface area contributed by atoms with Gasteiger partial charge in [-0.25, -0.2) is 0 Å². The van der Waals surface area contributed by atoms with Gasteiger partial charge in [0.15, 0.2) is 23.0 Å². The van der Waals surface area contributed by atoms with Gasteiger partial charge in [-0.3, -0.25) is 0 Å². The summed E-state index contributed by atoms with van der Waals surface area (Å²) in [5.74, 6) is 2.93. The van der Waals surface area contributed by atoms with Gasteiger partial charge in [-0.2, -0.15) is 0 Å². The van der Waals surface area contributed by atoms with Gasteiger partial charge in [0.25, 0.3) is 0 Å². The second-order valence-electron chi connectivity index (χ2n) is 14.0. The monoisotopic (exact) mass is 664 g/mol. The minimum Gasteiger partial charge on any atom is -0.456 e. The lowest BCUT2D eigenvalue weighted by Crippen LogP contribution is -2.26. The summed E-state index contributed by atoms with van der Waals surface area (Å²) in [5, 5.41) is 2.27. The third-order valence-electron chi connectivity index (χ3n) is 11.3. The van der Waals surface area contributed by atoms with Crippen molar-refractivity contribution in [3.63, 3.8) is 0 Å². The first-order valence-corrected chi connectivity index (χ1v) is 17.7. The summed E-state index contributed by atoms with van der Waals surface area (Å²) in [4.78, 5) is 0. The van der Waals surface area contributed by atoms with Crippen LogP contribution in [0, 0.1) is 0 Å². The van der Waals surface area contributed by atoms with Crippen molar-refractivity contribution in [2.45, 2.75) is 5.41 Å². The number of hydrogen-bond acceptors (Lipinski definition) is 3. The second kappa shape index (κ2) is 10.1. The Bertz CT molecular complexity index is 2940. The molecule has 9 aromatic rings. The molecule has 52 heavy (non-hydrogen) atoms. The van der Waals surface area contributed by atoms with Gasteiger partial charge in [-0.05, 0) is 121 Å². The van der Waals surface area contributed by atoms with Crippen LogP contribution in [0.2, 0.25) is 0 Å². The molecule has 0 saturated carbocycles. The van der Waals surface area contributed by atoms with E-state index in [0.29, 0.717) is 0 Å². The van der Waals surface area contributed by atoms with Gasteiger partial charge in [0.2, 0.25) is 0 Å². The van der Waals surface area contributed by atoms with Crippen molar-refractivity contribution >= 4 is 21.9 Å². The maximum atomic E-state index is 6.54. The number of rotatable bonds is 2. The van der Waals surface area contributed by atoms with E-state index in [0.717, 1.165) is 50.5 Å². The van der Waals surface area contributed by atoms with E-state index in [1.54, 1.807) is 0 Å². The highest BCUT2D eigenvalue weighted by Crippen LogP contribution is 2.65. The van der Waals surface area contributed by atoms with Gasteiger partial charge >= 0.3 is 0 Å². The topological polar surface area (TPSA) is 31.6 Å².